The van der Waals surface area contributed by atoms with Crippen LogP contribution in [0.15, 0.2) is 83.3 Å². The lowest BCUT2D eigenvalue weighted by molar-refractivity contribution is 0.309. The van der Waals surface area contributed by atoms with E-state index in [4.69, 9.17) is 4.74 Å². The standard InChI is InChI=1S/C32H30N2O3S2/c1-6-9-29-27(7-2)31(28-18-19-38-30(28)21-33)32(25-11-8-10-24(20-25)15-14-23(4)37-5)34(29)39(35,36)26-16-12-22(3)13-17-26/h7-20H,4,6H2,1-3,5H3/b15-14+,27-7+,29-9+. The van der Waals surface area contributed by atoms with Gasteiger partial charge in [0, 0.05) is 21.9 Å². The molecule has 4 rings (SSSR count). The van der Waals surface area contributed by atoms with Crippen molar-refractivity contribution in [1.29, 1.82) is 5.26 Å². The molecule has 0 saturated heterocycles. The van der Waals surface area contributed by atoms with Crippen molar-refractivity contribution in [3.8, 4) is 28.5 Å². The lowest BCUT2D eigenvalue weighted by Crippen LogP contribution is -2.34. The number of aromatic nitrogens is 1. The minimum Gasteiger partial charge on any atom is -0.497 e. The number of ether oxygens (including phenoxy) is 1. The molecule has 2 heterocycles. The number of nitrogens with zero attached hydrogens (tertiary/aromatic N) is 2. The molecule has 5 nitrogen and oxygen atoms in total. The summed E-state index contributed by atoms with van der Waals surface area (Å²) in [5.74, 6) is 0.506. The van der Waals surface area contributed by atoms with Gasteiger partial charge in [0.2, 0.25) is 0 Å². The summed E-state index contributed by atoms with van der Waals surface area (Å²) in [5, 5.41) is 13.1. The summed E-state index contributed by atoms with van der Waals surface area (Å²) in [7, 11) is -2.46. The Morgan fingerprint density at radius 2 is 1.92 bits per heavy atom. The van der Waals surface area contributed by atoms with E-state index in [1.807, 2.05) is 74.7 Å². The van der Waals surface area contributed by atoms with Crippen LogP contribution in [-0.4, -0.2) is 19.5 Å². The monoisotopic (exact) mass is 554 g/mol. The van der Waals surface area contributed by atoms with E-state index in [0.29, 0.717) is 44.8 Å². The van der Waals surface area contributed by atoms with E-state index in [0.717, 1.165) is 16.3 Å². The zero-order valence-corrected chi connectivity index (χ0v) is 24.1. The molecule has 39 heavy (non-hydrogen) atoms. The van der Waals surface area contributed by atoms with E-state index >= 15 is 0 Å². The van der Waals surface area contributed by atoms with Crippen molar-refractivity contribution in [2.75, 3.05) is 7.11 Å². The topological polar surface area (TPSA) is 72.1 Å². The zero-order chi connectivity index (χ0) is 28.2. The zero-order valence-electron chi connectivity index (χ0n) is 22.4. The molecular weight excluding hydrogens is 524 g/mol. The van der Waals surface area contributed by atoms with Crippen LogP contribution in [0.1, 0.15) is 36.3 Å². The normalized spacial score (nSPS) is 12.7. The fraction of sp³-hybridized carbons (Fsp3) is 0.156. The first kappa shape index (κ1) is 27.9. The van der Waals surface area contributed by atoms with Crippen molar-refractivity contribution in [3.05, 3.63) is 105 Å². The fourth-order valence-corrected chi connectivity index (χ4v) is 6.75. The molecule has 7 heteroatoms. The molecule has 0 aliphatic carbocycles. The van der Waals surface area contributed by atoms with Crippen LogP contribution < -0.4 is 10.6 Å². The fourth-order valence-electron chi connectivity index (χ4n) is 4.50. The largest absolute Gasteiger partial charge is 0.497 e. The summed E-state index contributed by atoms with van der Waals surface area (Å²) in [4.78, 5) is 0.724. The lowest BCUT2D eigenvalue weighted by atomic mass is 9.99. The number of hydrogen-bond donors (Lipinski definition) is 0. The second-order valence-electron chi connectivity index (χ2n) is 8.91. The Morgan fingerprint density at radius 3 is 2.56 bits per heavy atom. The third kappa shape index (κ3) is 5.40. The third-order valence-corrected chi connectivity index (χ3v) is 8.92. The molecule has 2 aromatic heterocycles. The predicted molar refractivity (Wildman–Crippen MR) is 161 cm³/mol. The van der Waals surface area contributed by atoms with Gasteiger partial charge in [-0.3, -0.25) is 0 Å². The number of rotatable bonds is 8. The summed E-state index contributed by atoms with van der Waals surface area (Å²) in [6.07, 6.45) is 8.11. The highest BCUT2D eigenvalue weighted by Gasteiger charge is 2.28. The molecule has 0 atom stereocenters. The Balaban J connectivity index is 2.19. The van der Waals surface area contributed by atoms with E-state index in [1.165, 1.54) is 15.3 Å². The van der Waals surface area contributed by atoms with Crippen LogP contribution >= 0.6 is 11.3 Å². The highest BCUT2D eigenvalue weighted by atomic mass is 32.2. The second kappa shape index (κ2) is 11.7. The molecule has 2 aromatic carbocycles. The molecule has 0 N–H and O–H groups in total. The number of allylic oxidation sites excluding steroid dienone is 1. The van der Waals surface area contributed by atoms with Gasteiger partial charge in [-0.05, 0) is 61.6 Å². The van der Waals surface area contributed by atoms with Gasteiger partial charge >= 0.3 is 0 Å². The van der Waals surface area contributed by atoms with E-state index < -0.39 is 10.0 Å². The van der Waals surface area contributed by atoms with Crippen LogP contribution in [0.25, 0.3) is 40.6 Å². The first-order valence-corrected chi connectivity index (χ1v) is 14.8. The maximum Gasteiger partial charge on any atom is 0.268 e. The highest BCUT2D eigenvalue weighted by molar-refractivity contribution is 7.90. The molecule has 0 unspecified atom stereocenters. The summed E-state index contributed by atoms with van der Waals surface area (Å²) < 4.78 is 35.4. The number of benzene rings is 2. The Kier molecular flexibility index (Phi) is 8.39. The first-order valence-electron chi connectivity index (χ1n) is 12.5. The van der Waals surface area contributed by atoms with Gasteiger partial charge < -0.3 is 4.74 Å². The predicted octanol–water partition coefficient (Wildman–Crippen LogP) is 6.46. The van der Waals surface area contributed by atoms with Crippen LogP contribution in [0.5, 0.6) is 0 Å². The maximum absolute atomic E-state index is 14.4. The van der Waals surface area contributed by atoms with E-state index in [-0.39, 0.29) is 4.90 Å². The Bertz CT molecular complexity index is 1830. The molecule has 0 saturated carbocycles. The maximum atomic E-state index is 14.4. The molecular formula is C32H30N2O3S2. The molecule has 0 fully saturated rings. The van der Waals surface area contributed by atoms with Crippen molar-refractivity contribution in [2.24, 2.45) is 0 Å². The minimum absolute atomic E-state index is 0.197. The van der Waals surface area contributed by atoms with Gasteiger partial charge in [-0.15, -0.1) is 11.3 Å². The van der Waals surface area contributed by atoms with Crippen LogP contribution in [0.3, 0.4) is 0 Å². The molecule has 0 amide bonds. The molecule has 0 spiro atoms. The van der Waals surface area contributed by atoms with E-state index in [9.17, 15) is 13.7 Å². The molecule has 0 bridgehead atoms. The summed E-state index contributed by atoms with van der Waals surface area (Å²) in [6.45, 7) is 9.64. The second-order valence-corrected chi connectivity index (χ2v) is 11.6. The van der Waals surface area contributed by atoms with Crippen molar-refractivity contribution in [3.63, 3.8) is 0 Å². The molecule has 0 aliphatic rings. The van der Waals surface area contributed by atoms with Crippen molar-refractivity contribution < 1.29 is 13.2 Å². The molecule has 4 aromatic rings. The summed E-state index contributed by atoms with van der Waals surface area (Å²) in [5.41, 5.74) is 4.47. The highest BCUT2D eigenvalue weighted by Crippen LogP contribution is 2.35. The lowest BCUT2D eigenvalue weighted by Gasteiger charge is -2.14. The van der Waals surface area contributed by atoms with Crippen molar-refractivity contribution >= 4 is 39.6 Å². The van der Waals surface area contributed by atoms with Crippen LogP contribution in [0.4, 0.5) is 0 Å². The van der Waals surface area contributed by atoms with Gasteiger partial charge in [0.1, 0.15) is 16.7 Å². The molecule has 0 radical (unpaired) electrons. The van der Waals surface area contributed by atoms with Gasteiger partial charge in [-0.25, -0.2) is 12.4 Å². The van der Waals surface area contributed by atoms with Gasteiger partial charge in [0.15, 0.2) is 0 Å². The van der Waals surface area contributed by atoms with Crippen LogP contribution in [0.2, 0.25) is 0 Å². The minimum atomic E-state index is -4.02. The Labute approximate surface area is 234 Å². The van der Waals surface area contributed by atoms with Crippen molar-refractivity contribution in [1.82, 2.24) is 3.97 Å². The summed E-state index contributed by atoms with van der Waals surface area (Å²) in [6, 6.07) is 18.7. The smallest absolute Gasteiger partial charge is 0.268 e. The average molecular weight is 555 g/mol. The number of nitriles is 1. The van der Waals surface area contributed by atoms with Crippen LogP contribution in [0, 0.1) is 18.3 Å². The van der Waals surface area contributed by atoms with Gasteiger partial charge in [-0.2, -0.15) is 5.26 Å². The molecule has 198 valence electrons. The SMILES string of the molecule is C=C(/C=C/c1cccc(-c2c(-c3ccsc3C#N)c(=C/C)/c(=C\CC)n2S(=O)(=O)c2ccc(C)cc2)c1)OC. The van der Waals surface area contributed by atoms with Gasteiger partial charge in [0.25, 0.3) is 10.0 Å². The van der Waals surface area contributed by atoms with Gasteiger partial charge in [0.05, 0.1) is 23.0 Å². The number of aryl methyl sites for hydroxylation is 1. The Hall–Kier alpha value is -4.12. The average Bonchev–Trinajstić information content (AvgIpc) is 3.54. The van der Waals surface area contributed by atoms with E-state index in [2.05, 4.69) is 12.6 Å². The third-order valence-electron chi connectivity index (χ3n) is 6.37. The number of thiophene rings is 1. The van der Waals surface area contributed by atoms with E-state index in [1.54, 1.807) is 37.5 Å². The van der Waals surface area contributed by atoms with Gasteiger partial charge in [-0.1, -0.05) is 67.6 Å². The molecule has 0 aliphatic heterocycles. The first-order chi connectivity index (χ1) is 18.8. The van der Waals surface area contributed by atoms with Crippen molar-refractivity contribution in [2.45, 2.75) is 32.1 Å². The number of hydrogen-bond acceptors (Lipinski definition) is 5. The summed E-state index contributed by atoms with van der Waals surface area (Å²) >= 11 is 1.34. The number of methoxy groups -OCH3 is 1. The quantitative estimate of drug-likeness (QED) is 0.185. The van der Waals surface area contributed by atoms with Crippen LogP contribution in [-0.2, 0) is 14.8 Å². The Morgan fingerprint density at radius 1 is 1.18 bits per heavy atom.